The maximum absolute atomic E-state index is 13.3. The molecule has 2 N–H and O–H groups in total. The zero-order valence-corrected chi connectivity index (χ0v) is 34.2. The second-order valence-corrected chi connectivity index (χ2v) is 17.0. The molecule has 3 aromatic carbocycles. The molecule has 5 rings (SSSR count). The number of benzene rings is 3. The Kier molecular flexibility index (Phi) is 14.8. The van der Waals surface area contributed by atoms with Crippen LogP contribution >= 0.6 is 7.87 Å². The number of nitrogens with one attached hydrogen (secondary N) is 1. The number of nitriles is 2. The topological polar surface area (TPSA) is 181 Å². The Morgan fingerprint density at radius 2 is 1.40 bits per heavy atom. The van der Waals surface area contributed by atoms with Gasteiger partial charge >= 0.3 is 334 Å². The Morgan fingerprint density at radius 1 is 0.842 bits per heavy atom. The van der Waals surface area contributed by atoms with E-state index in [1.807, 2.05) is 111 Å². The Bertz CT molecular complexity index is 2040. The molecule has 2 heterocycles. The fourth-order valence-electron chi connectivity index (χ4n) is 7.62. The summed E-state index contributed by atoms with van der Waals surface area (Å²) < 4.78 is 41.4. The number of aromatic nitrogens is 2. The molecule has 0 unspecified atom stereocenters. The summed E-state index contributed by atoms with van der Waals surface area (Å²) in [6, 6.07) is 29.9. The third kappa shape index (κ3) is 9.63. The number of hydrogen-bond acceptors (Lipinski definition) is 12. The summed E-state index contributed by atoms with van der Waals surface area (Å²) in [4.78, 5) is 40.5. The third-order valence-electron chi connectivity index (χ3n) is 9.98. The van der Waals surface area contributed by atoms with Gasteiger partial charge in [-0.3, -0.25) is 0 Å². The second kappa shape index (κ2) is 19.5. The molecule has 4 atom stereocenters. The van der Waals surface area contributed by atoms with Crippen molar-refractivity contribution in [3.8, 4) is 23.6 Å². The molecule has 1 fully saturated rings. The van der Waals surface area contributed by atoms with Crippen molar-refractivity contribution >= 4 is 7.87 Å². The van der Waals surface area contributed by atoms with E-state index < -0.39 is 49.3 Å². The zero-order chi connectivity index (χ0) is 41.2. The number of methoxy groups -OCH3 is 2. The van der Waals surface area contributed by atoms with E-state index in [-0.39, 0.29) is 44.3 Å². The van der Waals surface area contributed by atoms with Gasteiger partial charge in [0.05, 0.1) is 0 Å². The van der Waals surface area contributed by atoms with Crippen LogP contribution in [0, 0.1) is 22.7 Å². The van der Waals surface area contributed by atoms with Gasteiger partial charge in [-0.1, -0.05) is 0 Å². The van der Waals surface area contributed by atoms with Crippen LogP contribution in [0.4, 0.5) is 0 Å². The van der Waals surface area contributed by atoms with Gasteiger partial charge in [-0.25, -0.2) is 0 Å². The van der Waals surface area contributed by atoms with Crippen LogP contribution in [0.15, 0.2) is 101 Å². The standard InChI is InChI=1S/C42H52N5O9P/c1-29(2)47(30(3)4)57(50,27-11-24-44)56-38-36(55-40(39(38)53-26-10-23-43)46-25-22-37(48)45-41(46)49)28-54-42(31-12-8-7-9-13-31,32-14-18-34(51-5)19-15-32)33-16-20-35(52-6)21-17-33/h7-9,12-22,25,29-30,36,38-40,50,57H,10-11,26-28H2,1-6H3,(H,45,48,49)/t36-,38-,39-,40-/m1/s1. The molecule has 304 valence electrons. The van der Waals surface area contributed by atoms with Crippen LogP contribution in [0.2, 0.25) is 0 Å². The molecule has 0 saturated carbocycles. The first kappa shape index (κ1) is 43.2. The summed E-state index contributed by atoms with van der Waals surface area (Å²) in [5.74, 6) is 1.30. The molecule has 0 spiro atoms. The van der Waals surface area contributed by atoms with Gasteiger partial charge in [0.2, 0.25) is 0 Å². The summed E-state index contributed by atoms with van der Waals surface area (Å²) in [5, 5.41) is 19.2. The van der Waals surface area contributed by atoms with Gasteiger partial charge in [0.15, 0.2) is 0 Å². The van der Waals surface area contributed by atoms with E-state index in [9.17, 15) is 25.0 Å². The summed E-state index contributed by atoms with van der Waals surface area (Å²) in [6.07, 6.45) is -2.98. The van der Waals surface area contributed by atoms with Crippen LogP contribution in [0.3, 0.4) is 0 Å². The molecule has 1 saturated heterocycles. The van der Waals surface area contributed by atoms with Crippen LogP contribution in [0.5, 0.6) is 11.5 Å². The number of rotatable bonds is 19. The van der Waals surface area contributed by atoms with Crippen molar-refractivity contribution in [2.75, 3.05) is 33.6 Å². The molecule has 1 aliphatic heterocycles. The van der Waals surface area contributed by atoms with E-state index in [4.69, 9.17) is 28.2 Å². The van der Waals surface area contributed by atoms with Crippen LogP contribution in [-0.2, 0) is 24.3 Å². The summed E-state index contributed by atoms with van der Waals surface area (Å²) in [6.45, 7) is 7.56. The van der Waals surface area contributed by atoms with Crippen LogP contribution < -0.4 is 20.7 Å². The molecule has 14 nitrogen and oxygen atoms in total. The fraction of sp³-hybridized carbons (Fsp3) is 0.429. The van der Waals surface area contributed by atoms with Gasteiger partial charge in [0, 0.05) is 0 Å². The van der Waals surface area contributed by atoms with Gasteiger partial charge in [0.1, 0.15) is 0 Å². The minimum absolute atomic E-state index is 0.0161. The van der Waals surface area contributed by atoms with Crippen molar-refractivity contribution in [2.24, 2.45) is 0 Å². The van der Waals surface area contributed by atoms with Gasteiger partial charge in [0.25, 0.3) is 0 Å². The van der Waals surface area contributed by atoms with E-state index in [0.29, 0.717) is 11.5 Å². The molecule has 1 aromatic heterocycles. The van der Waals surface area contributed by atoms with E-state index >= 15 is 0 Å². The minimum atomic E-state index is -4.01. The number of aromatic amines is 1. The monoisotopic (exact) mass is 801 g/mol. The first-order valence-electron chi connectivity index (χ1n) is 18.9. The molecule has 4 aromatic rings. The SMILES string of the molecule is COc1ccc(C(OC[C@H]2O[C@@H](n3ccc(=O)[nH]c3=O)[C@H](OCCC#N)[C@@H]2O[PH](O)(CCC#N)N(C(C)C)C(C)C)(c2ccccc2)c2ccc(OC)cc2)cc1. The van der Waals surface area contributed by atoms with E-state index in [1.54, 1.807) is 14.2 Å². The average Bonchev–Trinajstić information content (AvgIpc) is 3.53. The van der Waals surface area contributed by atoms with E-state index in [0.717, 1.165) is 16.7 Å². The number of hydrogen-bond donors (Lipinski definition) is 2. The van der Waals surface area contributed by atoms with Gasteiger partial charge in [-0.05, 0) is 0 Å². The van der Waals surface area contributed by atoms with Crippen LogP contribution in [-0.4, -0.2) is 83.1 Å². The Balaban J connectivity index is 1.70. The van der Waals surface area contributed by atoms with Crippen molar-refractivity contribution < 1.29 is 33.1 Å². The number of H-pyrrole nitrogens is 1. The Morgan fingerprint density at radius 3 is 1.91 bits per heavy atom. The molecular formula is C42H52N5O9P. The number of nitrogens with zero attached hydrogens (tertiary/aromatic N) is 4. The van der Waals surface area contributed by atoms with Gasteiger partial charge in [-0.15, -0.1) is 0 Å². The van der Waals surface area contributed by atoms with Crippen LogP contribution in [0.1, 0.15) is 63.5 Å². The molecule has 0 aliphatic carbocycles. The normalized spacial score (nSPS) is 18.7. The second-order valence-electron chi connectivity index (χ2n) is 14.2. The first-order chi connectivity index (χ1) is 27.4. The van der Waals surface area contributed by atoms with Gasteiger partial charge < -0.3 is 0 Å². The van der Waals surface area contributed by atoms with E-state index in [2.05, 4.69) is 17.1 Å². The quantitative estimate of drug-likeness (QED) is 0.0676. The third-order valence-corrected chi connectivity index (χ3v) is 13.4. The predicted molar refractivity (Wildman–Crippen MR) is 216 cm³/mol. The van der Waals surface area contributed by atoms with Gasteiger partial charge in [-0.2, -0.15) is 0 Å². The molecule has 57 heavy (non-hydrogen) atoms. The average molecular weight is 802 g/mol. The van der Waals surface area contributed by atoms with Crippen LogP contribution in [0.25, 0.3) is 0 Å². The molecule has 15 heteroatoms. The molecule has 0 radical (unpaired) electrons. The summed E-state index contributed by atoms with van der Waals surface area (Å²) >= 11 is 0. The van der Waals surface area contributed by atoms with Crippen molar-refractivity contribution in [3.63, 3.8) is 0 Å². The van der Waals surface area contributed by atoms with Crippen molar-refractivity contribution in [2.45, 2.75) is 82.8 Å². The predicted octanol–water partition coefficient (Wildman–Crippen LogP) is 5.66. The first-order valence-corrected chi connectivity index (χ1v) is 20.9. The number of ether oxygens (including phenoxy) is 5. The molecule has 0 amide bonds. The zero-order valence-electron chi connectivity index (χ0n) is 33.2. The molecule has 0 bridgehead atoms. The molecule has 1 aliphatic rings. The Hall–Kier alpha value is -4.89. The maximum atomic E-state index is 13.3. The van der Waals surface area contributed by atoms with Crippen molar-refractivity contribution in [1.29, 1.82) is 10.5 Å². The van der Waals surface area contributed by atoms with Crippen molar-refractivity contribution in [1.82, 2.24) is 14.2 Å². The molecular weight excluding hydrogens is 749 g/mol. The Labute approximate surface area is 333 Å². The fourth-order valence-corrected chi connectivity index (χ4v) is 10.9. The summed E-state index contributed by atoms with van der Waals surface area (Å²) in [7, 11) is -0.817. The van der Waals surface area contributed by atoms with E-state index in [1.165, 1.54) is 16.8 Å². The van der Waals surface area contributed by atoms with Crippen molar-refractivity contribution in [3.05, 3.63) is 129 Å². The summed E-state index contributed by atoms with van der Waals surface area (Å²) in [5.41, 5.74) is -0.310.